The zero-order valence-electron chi connectivity index (χ0n) is 15.9. The first-order valence-corrected chi connectivity index (χ1v) is 10.7. The van der Waals surface area contributed by atoms with Gasteiger partial charge in [0.25, 0.3) is 0 Å². The normalized spacial score (nSPS) is 21.8. The average Bonchev–Trinajstić information content (AvgIpc) is 2.72. The number of benzene rings is 2. The first-order valence-electron chi connectivity index (χ1n) is 9.18. The van der Waals surface area contributed by atoms with Crippen LogP contribution in [0.3, 0.4) is 0 Å². The maximum Gasteiger partial charge on any atom is 0.329 e. The lowest BCUT2D eigenvalue weighted by atomic mass is 9.99. The summed E-state index contributed by atoms with van der Waals surface area (Å²) >= 11 is 0. The Morgan fingerprint density at radius 1 is 1.10 bits per heavy atom. The van der Waals surface area contributed by atoms with Gasteiger partial charge in [-0.3, -0.25) is 0 Å². The number of carbonyl (C=O) groups excluding carboxylic acids is 1. The smallest absolute Gasteiger partial charge is 0.329 e. The Balaban J connectivity index is 1.74. The van der Waals surface area contributed by atoms with Crippen molar-refractivity contribution < 1.29 is 33.0 Å². The second-order valence-electron chi connectivity index (χ2n) is 6.99. The molecule has 0 bridgehead atoms. The van der Waals surface area contributed by atoms with E-state index in [4.69, 9.17) is 10.5 Å². The Morgan fingerprint density at radius 3 is 2.30 bits per heavy atom. The number of nitrogens with two attached hydrogens (primary N) is 1. The third-order valence-corrected chi connectivity index (χ3v) is 7.13. The summed E-state index contributed by atoms with van der Waals surface area (Å²) in [5, 5.41) is 18.2. The van der Waals surface area contributed by atoms with Crippen molar-refractivity contribution >= 4 is 21.8 Å². The fraction of sp³-hybridized carbons (Fsp3) is 0.300. The number of aliphatic carboxylic acids is 1. The van der Waals surface area contributed by atoms with Crippen LogP contribution in [-0.4, -0.2) is 59.5 Å². The van der Waals surface area contributed by atoms with Crippen LogP contribution < -0.4 is 10.5 Å². The van der Waals surface area contributed by atoms with Crippen LogP contribution in [0.25, 0.3) is 0 Å². The lowest BCUT2D eigenvalue weighted by molar-refractivity contribution is -0.147. The number of ether oxygens (including phenoxy) is 1. The summed E-state index contributed by atoms with van der Waals surface area (Å²) in [5.41, 5.74) is 6.17. The largest absolute Gasteiger partial charge is 0.489 e. The number of primary amides is 1. The van der Waals surface area contributed by atoms with Crippen LogP contribution in [0.2, 0.25) is 0 Å². The van der Waals surface area contributed by atoms with Gasteiger partial charge < -0.3 is 25.6 Å². The first-order chi connectivity index (χ1) is 14.2. The second kappa shape index (κ2) is 8.72. The molecule has 2 amide bonds. The standard InChI is InChI=1S/C20H22N2O7S/c21-20(26)22-11-16(10-17(23)18(22)19(24)25)30(27,28)15-8-6-14(7-9-15)29-12-13-4-2-1-3-5-13/h1-9,16-18,23H,10-12H2,(H2,21,26)(H,24,25)/t16?,17-,18+/m0/s1. The molecule has 4 N–H and O–H groups in total. The van der Waals surface area contributed by atoms with E-state index in [1.54, 1.807) is 0 Å². The topological polar surface area (TPSA) is 147 Å². The molecule has 2 aromatic carbocycles. The van der Waals surface area contributed by atoms with Crippen LogP contribution in [0, 0.1) is 0 Å². The molecular weight excluding hydrogens is 412 g/mol. The molecule has 1 aliphatic heterocycles. The summed E-state index contributed by atoms with van der Waals surface area (Å²) in [6.07, 6.45) is -1.88. The molecule has 0 aromatic heterocycles. The van der Waals surface area contributed by atoms with Crippen molar-refractivity contribution in [3.05, 3.63) is 60.2 Å². The monoisotopic (exact) mass is 434 g/mol. The number of carbonyl (C=O) groups is 2. The molecule has 9 nitrogen and oxygen atoms in total. The van der Waals surface area contributed by atoms with E-state index in [-0.39, 0.29) is 11.3 Å². The van der Waals surface area contributed by atoms with Gasteiger partial charge in [-0.1, -0.05) is 30.3 Å². The van der Waals surface area contributed by atoms with Crippen molar-refractivity contribution in [3.8, 4) is 5.75 Å². The number of carboxylic acid groups (broad SMARTS) is 1. The Bertz CT molecular complexity index is 1010. The summed E-state index contributed by atoms with van der Waals surface area (Å²) in [5.74, 6) is -0.969. The highest BCUT2D eigenvalue weighted by atomic mass is 32.2. The van der Waals surface area contributed by atoms with Gasteiger partial charge in [-0.05, 0) is 36.2 Å². The van der Waals surface area contributed by atoms with Gasteiger partial charge in [-0.15, -0.1) is 0 Å². The number of sulfone groups is 1. The summed E-state index contributed by atoms with van der Waals surface area (Å²) in [6, 6.07) is 12.6. The van der Waals surface area contributed by atoms with Gasteiger partial charge in [-0.25, -0.2) is 18.0 Å². The van der Waals surface area contributed by atoms with Crippen molar-refractivity contribution in [3.63, 3.8) is 0 Å². The van der Waals surface area contributed by atoms with Crippen LogP contribution in [0.1, 0.15) is 12.0 Å². The minimum absolute atomic E-state index is 0.0232. The summed E-state index contributed by atoms with van der Waals surface area (Å²) in [6.45, 7) is -0.0934. The molecule has 0 spiro atoms. The molecule has 1 aliphatic rings. The van der Waals surface area contributed by atoms with E-state index in [9.17, 15) is 28.2 Å². The van der Waals surface area contributed by atoms with E-state index in [1.165, 1.54) is 24.3 Å². The lowest BCUT2D eigenvalue weighted by Gasteiger charge is -2.39. The number of piperidine rings is 1. The fourth-order valence-corrected chi connectivity index (χ4v) is 5.13. The van der Waals surface area contributed by atoms with Gasteiger partial charge in [-0.2, -0.15) is 0 Å². The minimum Gasteiger partial charge on any atom is -0.489 e. The van der Waals surface area contributed by atoms with Gasteiger partial charge in [0, 0.05) is 6.54 Å². The van der Waals surface area contributed by atoms with E-state index in [2.05, 4.69) is 0 Å². The number of amides is 2. The minimum atomic E-state index is -3.95. The number of likely N-dealkylation sites (tertiary alicyclic amines) is 1. The van der Waals surface area contributed by atoms with E-state index < -0.39 is 45.8 Å². The molecule has 3 atom stereocenters. The molecule has 1 fully saturated rings. The molecule has 10 heteroatoms. The number of rotatable bonds is 6. The molecular formula is C20H22N2O7S. The molecule has 0 radical (unpaired) electrons. The van der Waals surface area contributed by atoms with E-state index in [0.717, 1.165) is 5.56 Å². The zero-order valence-corrected chi connectivity index (χ0v) is 16.7. The van der Waals surface area contributed by atoms with Crippen LogP contribution >= 0.6 is 0 Å². The number of carboxylic acids is 1. The van der Waals surface area contributed by atoms with Crippen molar-refractivity contribution in [2.45, 2.75) is 35.3 Å². The Morgan fingerprint density at radius 2 is 1.73 bits per heavy atom. The molecule has 2 aromatic rings. The highest BCUT2D eigenvalue weighted by Gasteiger charge is 2.45. The quantitative estimate of drug-likeness (QED) is 0.614. The fourth-order valence-electron chi connectivity index (χ4n) is 3.42. The van der Waals surface area contributed by atoms with Crippen LogP contribution in [0.5, 0.6) is 5.75 Å². The Hall–Kier alpha value is -3.11. The van der Waals surface area contributed by atoms with Crippen molar-refractivity contribution in [1.29, 1.82) is 0 Å². The predicted octanol–water partition coefficient (Wildman–Crippen LogP) is 1.01. The maximum atomic E-state index is 13.0. The van der Waals surface area contributed by atoms with Crippen LogP contribution in [-0.2, 0) is 21.2 Å². The molecule has 1 heterocycles. The molecule has 1 saturated heterocycles. The molecule has 0 saturated carbocycles. The zero-order chi connectivity index (χ0) is 21.9. The highest BCUT2D eigenvalue weighted by molar-refractivity contribution is 7.92. The van der Waals surface area contributed by atoms with E-state index >= 15 is 0 Å². The summed E-state index contributed by atoms with van der Waals surface area (Å²) in [7, 11) is -3.95. The van der Waals surface area contributed by atoms with Gasteiger partial charge in [0.1, 0.15) is 12.4 Å². The SMILES string of the molecule is NC(=O)N1CC(S(=O)(=O)c2ccc(OCc3ccccc3)cc2)C[C@H](O)[C@@H]1C(=O)O. The van der Waals surface area contributed by atoms with Crippen molar-refractivity contribution in [1.82, 2.24) is 4.90 Å². The summed E-state index contributed by atoms with van der Waals surface area (Å²) < 4.78 is 31.6. The average molecular weight is 434 g/mol. The number of hydrogen-bond acceptors (Lipinski definition) is 6. The maximum absolute atomic E-state index is 13.0. The predicted molar refractivity (Wildman–Crippen MR) is 107 cm³/mol. The number of aliphatic hydroxyl groups excluding tert-OH is 1. The lowest BCUT2D eigenvalue weighted by Crippen LogP contribution is -2.61. The number of aliphatic hydroxyl groups is 1. The van der Waals surface area contributed by atoms with Gasteiger partial charge in [0.15, 0.2) is 15.9 Å². The van der Waals surface area contributed by atoms with Crippen LogP contribution in [0.15, 0.2) is 59.5 Å². The summed E-state index contributed by atoms with van der Waals surface area (Å²) in [4.78, 5) is 23.6. The Labute approximate surface area is 173 Å². The van der Waals surface area contributed by atoms with Gasteiger partial charge in [0.05, 0.1) is 16.2 Å². The first kappa shape index (κ1) is 21.6. The van der Waals surface area contributed by atoms with Crippen LogP contribution in [0.4, 0.5) is 4.79 Å². The molecule has 1 unspecified atom stereocenters. The third-order valence-electron chi connectivity index (χ3n) is 4.98. The molecule has 0 aliphatic carbocycles. The Kier molecular flexibility index (Phi) is 6.28. The van der Waals surface area contributed by atoms with E-state index in [1.807, 2.05) is 30.3 Å². The second-order valence-corrected chi connectivity index (χ2v) is 9.22. The van der Waals surface area contributed by atoms with Gasteiger partial charge >= 0.3 is 12.0 Å². The van der Waals surface area contributed by atoms with Gasteiger partial charge in [0.2, 0.25) is 0 Å². The molecule has 3 rings (SSSR count). The molecule has 30 heavy (non-hydrogen) atoms. The third kappa shape index (κ3) is 4.55. The van der Waals surface area contributed by atoms with Crippen molar-refractivity contribution in [2.24, 2.45) is 5.73 Å². The number of hydrogen-bond donors (Lipinski definition) is 3. The van der Waals surface area contributed by atoms with E-state index in [0.29, 0.717) is 17.3 Å². The number of urea groups is 1. The van der Waals surface area contributed by atoms with Crippen molar-refractivity contribution in [2.75, 3.05) is 6.54 Å². The molecule has 160 valence electrons. The highest BCUT2D eigenvalue weighted by Crippen LogP contribution is 2.28. The number of nitrogens with zero attached hydrogens (tertiary/aromatic N) is 1.